The first-order chi connectivity index (χ1) is 12.4. The Balaban J connectivity index is 1.77. The molecule has 3 nitrogen and oxygen atoms in total. The van der Waals surface area contributed by atoms with E-state index in [-0.39, 0.29) is 5.41 Å². The van der Waals surface area contributed by atoms with Crippen LogP contribution in [-0.4, -0.2) is 22.2 Å². The number of aryl methyl sites for hydroxylation is 1. The van der Waals surface area contributed by atoms with Crippen molar-refractivity contribution in [2.75, 3.05) is 6.54 Å². The first kappa shape index (κ1) is 17.2. The zero-order valence-corrected chi connectivity index (χ0v) is 16.3. The molecule has 0 amide bonds. The Hall–Kier alpha value is -2.26. The second-order valence-electron chi connectivity index (χ2n) is 8.01. The maximum absolute atomic E-state index is 6.27. The van der Waals surface area contributed by atoms with Gasteiger partial charge in [0.2, 0.25) is 0 Å². The van der Waals surface area contributed by atoms with Gasteiger partial charge < -0.3 is 4.98 Å². The van der Waals surface area contributed by atoms with Crippen LogP contribution in [0.5, 0.6) is 0 Å². The van der Waals surface area contributed by atoms with E-state index in [1.807, 2.05) is 18.2 Å². The van der Waals surface area contributed by atoms with E-state index in [1.165, 1.54) is 11.1 Å². The van der Waals surface area contributed by atoms with E-state index >= 15 is 0 Å². The van der Waals surface area contributed by atoms with Crippen LogP contribution in [0, 0.1) is 12.3 Å². The SMILES string of the molecule is Cc1[nH]c2ccc(Cl)cc2c1C1=NN(Cc2ccccc2)CC(C)(C)C1. The number of fused-ring (bicyclic) bond motifs is 1. The Labute approximate surface area is 159 Å². The van der Waals surface area contributed by atoms with Crippen molar-refractivity contribution in [1.82, 2.24) is 9.99 Å². The van der Waals surface area contributed by atoms with Crippen molar-refractivity contribution in [2.24, 2.45) is 10.5 Å². The van der Waals surface area contributed by atoms with Gasteiger partial charge in [0.05, 0.1) is 12.3 Å². The molecule has 0 aliphatic carbocycles. The van der Waals surface area contributed by atoms with Crippen LogP contribution in [0.2, 0.25) is 5.02 Å². The fraction of sp³-hybridized carbons (Fsp3) is 0.318. The molecule has 0 saturated carbocycles. The van der Waals surface area contributed by atoms with E-state index in [9.17, 15) is 0 Å². The number of hydrogen-bond acceptors (Lipinski definition) is 2. The number of nitrogens with zero attached hydrogens (tertiary/aromatic N) is 2. The van der Waals surface area contributed by atoms with E-state index in [0.29, 0.717) is 0 Å². The van der Waals surface area contributed by atoms with Crippen LogP contribution >= 0.6 is 11.6 Å². The molecule has 2 aromatic carbocycles. The number of halogens is 1. The second-order valence-corrected chi connectivity index (χ2v) is 8.45. The molecule has 1 aromatic heterocycles. The highest BCUT2D eigenvalue weighted by atomic mass is 35.5. The molecule has 0 saturated heterocycles. The van der Waals surface area contributed by atoms with Gasteiger partial charge in [0.25, 0.3) is 0 Å². The molecule has 4 heteroatoms. The van der Waals surface area contributed by atoms with Gasteiger partial charge in [-0.05, 0) is 42.5 Å². The van der Waals surface area contributed by atoms with Gasteiger partial charge in [0.1, 0.15) is 0 Å². The van der Waals surface area contributed by atoms with Gasteiger partial charge in [-0.2, -0.15) is 5.10 Å². The lowest BCUT2D eigenvalue weighted by molar-refractivity contribution is 0.164. The maximum Gasteiger partial charge on any atom is 0.0707 e. The molecule has 0 radical (unpaired) electrons. The summed E-state index contributed by atoms with van der Waals surface area (Å²) in [7, 11) is 0. The third kappa shape index (κ3) is 3.36. The molecule has 1 aliphatic heterocycles. The average molecular weight is 366 g/mol. The number of H-pyrrole nitrogens is 1. The number of benzene rings is 2. The first-order valence-electron chi connectivity index (χ1n) is 9.06. The Kier molecular flexibility index (Phi) is 4.28. The Morgan fingerprint density at radius 2 is 1.92 bits per heavy atom. The Morgan fingerprint density at radius 3 is 2.69 bits per heavy atom. The van der Waals surface area contributed by atoms with Crippen LogP contribution in [0.4, 0.5) is 0 Å². The lowest BCUT2D eigenvalue weighted by Gasteiger charge is -2.37. The summed E-state index contributed by atoms with van der Waals surface area (Å²) in [4.78, 5) is 3.49. The summed E-state index contributed by atoms with van der Waals surface area (Å²) in [6.07, 6.45) is 0.957. The average Bonchev–Trinajstić information content (AvgIpc) is 2.89. The van der Waals surface area contributed by atoms with Crippen LogP contribution in [0.3, 0.4) is 0 Å². The largest absolute Gasteiger partial charge is 0.358 e. The van der Waals surface area contributed by atoms with Crippen LogP contribution in [0.15, 0.2) is 53.6 Å². The summed E-state index contributed by atoms with van der Waals surface area (Å²) in [5.74, 6) is 0. The number of nitrogens with one attached hydrogen (secondary N) is 1. The Bertz CT molecular complexity index is 970. The minimum atomic E-state index is 0.167. The molecule has 4 rings (SSSR count). The molecule has 1 aliphatic rings. The first-order valence-corrected chi connectivity index (χ1v) is 9.44. The fourth-order valence-corrected chi connectivity index (χ4v) is 4.11. The van der Waals surface area contributed by atoms with Gasteiger partial charge in [-0.3, -0.25) is 5.01 Å². The highest BCUT2D eigenvalue weighted by molar-refractivity contribution is 6.31. The quantitative estimate of drug-likeness (QED) is 0.628. The third-order valence-corrected chi connectivity index (χ3v) is 5.20. The van der Waals surface area contributed by atoms with Gasteiger partial charge in [0.15, 0.2) is 0 Å². The smallest absolute Gasteiger partial charge is 0.0707 e. The van der Waals surface area contributed by atoms with Gasteiger partial charge in [-0.15, -0.1) is 0 Å². The summed E-state index contributed by atoms with van der Waals surface area (Å²) in [6.45, 7) is 8.53. The van der Waals surface area contributed by atoms with Crippen LogP contribution in [0.25, 0.3) is 10.9 Å². The number of aromatic nitrogens is 1. The number of aromatic amines is 1. The predicted octanol–water partition coefficient (Wildman–Crippen LogP) is 5.77. The molecular weight excluding hydrogens is 342 g/mol. The van der Waals surface area contributed by atoms with Crippen molar-refractivity contribution in [2.45, 2.75) is 33.7 Å². The van der Waals surface area contributed by atoms with Crippen LogP contribution < -0.4 is 0 Å². The summed E-state index contributed by atoms with van der Waals surface area (Å²) in [5.41, 5.74) is 6.06. The molecule has 0 fully saturated rings. The molecule has 134 valence electrons. The lowest BCUT2D eigenvalue weighted by atomic mass is 9.83. The molecule has 2 heterocycles. The molecule has 0 unspecified atom stereocenters. The van der Waals surface area contributed by atoms with E-state index in [2.05, 4.69) is 61.1 Å². The zero-order chi connectivity index (χ0) is 18.3. The van der Waals surface area contributed by atoms with Crippen LogP contribution in [-0.2, 0) is 6.54 Å². The summed E-state index contributed by atoms with van der Waals surface area (Å²) in [6, 6.07) is 16.6. The Morgan fingerprint density at radius 1 is 1.15 bits per heavy atom. The number of hydrazone groups is 1. The molecule has 1 N–H and O–H groups in total. The van der Waals surface area contributed by atoms with E-state index < -0.39 is 0 Å². The minimum Gasteiger partial charge on any atom is -0.358 e. The van der Waals surface area contributed by atoms with Gasteiger partial charge in [0, 0.05) is 33.7 Å². The summed E-state index contributed by atoms with van der Waals surface area (Å²) >= 11 is 6.27. The molecule has 0 bridgehead atoms. The predicted molar refractivity (Wildman–Crippen MR) is 110 cm³/mol. The minimum absolute atomic E-state index is 0.167. The van der Waals surface area contributed by atoms with Crippen molar-refractivity contribution >= 4 is 28.2 Å². The highest BCUT2D eigenvalue weighted by Gasteiger charge is 2.31. The summed E-state index contributed by atoms with van der Waals surface area (Å²) in [5, 5.41) is 9.17. The topological polar surface area (TPSA) is 31.4 Å². The van der Waals surface area contributed by atoms with Crippen molar-refractivity contribution < 1.29 is 0 Å². The second kappa shape index (κ2) is 6.48. The molecule has 0 atom stereocenters. The van der Waals surface area contributed by atoms with Crippen LogP contribution in [0.1, 0.15) is 37.1 Å². The van der Waals surface area contributed by atoms with Gasteiger partial charge in [-0.25, -0.2) is 0 Å². The monoisotopic (exact) mass is 365 g/mol. The standard InChI is InChI=1S/C22H24ClN3/c1-15-21(18-11-17(23)9-10-19(18)24-15)20-12-22(2,3)14-26(25-20)13-16-7-5-4-6-8-16/h4-11,24H,12-14H2,1-3H3. The maximum atomic E-state index is 6.27. The van der Waals surface area contributed by atoms with E-state index in [0.717, 1.165) is 46.8 Å². The van der Waals surface area contributed by atoms with Crippen molar-refractivity contribution in [1.29, 1.82) is 0 Å². The zero-order valence-electron chi connectivity index (χ0n) is 15.5. The normalized spacial score (nSPS) is 16.8. The number of hydrogen-bond donors (Lipinski definition) is 1. The molecule has 3 aromatic rings. The number of rotatable bonds is 3. The molecule has 26 heavy (non-hydrogen) atoms. The van der Waals surface area contributed by atoms with Gasteiger partial charge in [-0.1, -0.05) is 55.8 Å². The van der Waals surface area contributed by atoms with E-state index in [1.54, 1.807) is 0 Å². The van der Waals surface area contributed by atoms with E-state index in [4.69, 9.17) is 16.7 Å². The molecule has 0 spiro atoms. The van der Waals surface area contributed by atoms with Gasteiger partial charge >= 0.3 is 0 Å². The van der Waals surface area contributed by atoms with Crippen molar-refractivity contribution in [3.63, 3.8) is 0 Å². The molecular formula is C22H24ClN3. The highest BCUT2D eigenvalue weighted by Crippen LogP contribution is 2.34. The van der Waals surface area contributed by atoms with Crippen molar-refractivity contribution in [3.05, 3.63) is 70.4 Å². The summed E-state index contributed by atoms with van der Waals surface area (Å²) < 4.78 is 0. The fourth-order valence-electron chi connectivity index (χ4n) is 3.94. The third-order valence-electron chi connectivity index (χ3n) is 4.96. The lowest BCUT2D eigenvalue weighted by Crippen LogP contribution is -2.38. The van der Waals surface area contributed by atoms with Crippen molar-refractivity contribution in [3.8, 4) is 0 Å².